The lowest BCUT2D eigenvalue weighted by molar-refractivity contribution is -0.191. The van der Waals surface area contributed by atoms with Crippen molar-refractivity contribution in [1.82, 2.24) is 0 Å². The number of cyclic esters (lactones) is 2. The second kappa shape index (κ2) is 7.31. The number of aliphatic hydroxyl groups is 1. The number of ether oxygens (including phenoxy) is 2. The maximum Gasteiger partial charge on any atom is 0.347 e. The van der Waals surface area contributed by atoms with E-state index in [0.717, 1.165) is 0 Å². The van der Waals surface area contributed by atoms with Crippen LogP contribution in [0, 0.1) is 0 Å². The van der Waals surface area contributed by atoms with Gasteiger partial charge in [0.05, 0.1) is 6.42 Å². The Morgan fingerprint density at radius 3 is 1.68 bits per heavy atom. The zero-order valence-electron chi connectivity index (χ0n) is 10.2. The highest BCUT2D eigenvalue weighted by Crippen LogP contribution is 2.08. The minimum Gasteiger partial charge on any atom is -0.481 e. The molecule has 3 atom stereocenters. The Balaban J connectivity index is 0.000000344. The first-order valence-electron chi connectivity index (χ1n) is 5.18. The van der Waals surface area contributed by atoms with Crippen molar-refractivity contribution in [3.63, 3.8) is 0 Å². The predicted octanol–water partition coefficient (Wildman–Crippen LogP) is -1.23. The van der Waals surface area contributed by atoms with E-state index in [-0.39, 0.29) is 0 Å². The molecule has 19 heavy (non-hydrogen) atoms. The normalized spacial score (nSPS) is 23.3. The van der Waals surface area contributed by atoms with Gasteiger partial charge in [0.15, 0.2) is 18.3 Å². The van der Waals surface area contributed by atoms with Gasteiger partial charge >= 0.3 is 23.9 Å². The monoisotopic (exact) mass is 278 g/mol. The quantitative estimate of drug-likeness (QED) is 0.539. The van der Waals surface area contributed by atoms with Crippen LogP contribution in [0.25, 0.3) is 0 Å². The van der Waals surface area contributed by atoms with Crippen molar-refractivity contribution in [3.8, 4) is 0 Å². The molecule has 3 N–H and O–H groups in total. The van der Waals surface area contributed by atoms with Crippen molar-refractivity contribution in [2.75, 3.05) is 0 Å². The zero-order valence-corrected chi connectivity index (χ0v) is 10.2. The summed E-state index contributed by atoms with van der Waals surface area (Å²) in [6, 6.07) is 0. The molecular formula is C10H14O9. The molecule has 108 valence electrons. The summed E-state index contributed by atoms with van der Waals surface area (Å²) in [7, 11) is 0. The first-order valence-corrected chi connectivity index (χ1v) is 5.18. The van der Waals surface area contributed by atoms with Crippen LogP contribution in [0.15, 0.2) is 0 Å². The van der Waals surface area contributed by atoms with Gasteiger partial charge < -0.3 is 24.8 Å². The smallest absolute Gasteiger partial charge is 0.347 e. The number of rotatable bonds is 3. The molecule has 3 unspecified atom stereocenters. The molecule has 0 radical (unpaired) electrons. The number of carboxylic acid groups (broad SMARTS) is 2. The second-order valence-corrected chi connectivity index (χ2v) is 3.61. The number of aliphatic hydroxyl groups excluding tert-OH is 1. The van der Waals surface area contributed by atoms with E-state index in [4.69, 9.17) is 15.3 Å². The lowest BCUT2D eigenvalue weighted by Crippen LogP contribution is -2.40. The first kappa shape index (κ1) is 16.8. The average Bonchev–Trinajstić information content (AvgIpc) is 2.26. The van der Waals surface area contributed by atoms with Crippen molar-refractivity contribution < 1.29 is 44.0 Å². The summed E-state index contributed by atoms with van der Waals surface area (Å²) in [6.45, 7) is 2.96. The van der Waals surface area contributed by atoms with Gasteiger partial charge in [-0.1, -0.05) is 0 Å². The summed E-state index contributed by atoms with van der Waals surface area (Å²) in [5.41, 5.74) is 0. The van der Waals surface area contributed by atoms with Gasteiger partial charge in [-0.15, -0.1) is 0 Å². The van der Waals surface area contributed by atoms with Gasteiger partial charge in [-0.2, -0.15) is 0 Å². The highest BCUT2D eigenvalue weighted by atomic mass is 16.6. The van der Waals surface area contributed by atoms with Gasteiger partial charge in [0.2, 0.25) is 0 Å². The molecule has 9 heteroatoms. The van der Waals surface area contributed by atoms with Crippen LogP contribution in [-0.2, 0) is 28.7 Å². The number of carbonyl (C=O) groups excluding carboxylic acids is 2. The number of esters is 2. The minimum absolute atomic E-state index is 0.480. The molecule has 0 bridgehead atoms. The van der Waals surface area contributed by atoms with E-state index in [9.17, 15) is 19.2 Å². The summed E-state index contributed by atoms with van der Waals surface area (Å²) >= 11 is 0. The van der Waals surface area contributed by atoms with Crippen molar-refractivity contribution in [3.05, 3.63) is 0 Å². The molecule has 0 aromatic rings. The van der Waals surface area contributed by atoms with Gasteiger partial charge in [-0.05, 0) is 13.8 Å². The van der Waals surface area contributed by atoms with Gasteiger partial charge in [0.1, 0.15) is 0 Å². The van der Waals surface area contributed by atoms with E-state index in [1.165, 1.54) is 13.8 Å². The van der Waals surface area contributed by atoms with Crippen LogP contribution in [0.4, 0.5) is 0 Å². The Morgan fingerprint density at radius 2 is 1.47 bits per heavy atom. The molecular weight excluding hydrogens is 264 g/mol. The van der Waals surface area contributed by atoms with E-state index in [1.54, 1.807) is 0 Å². The van der Waals surface area contributed by atoms with Crippen LogP contribution in [0.2, 0.25) is 0 Å². The molecule has 9 nitrogen and oxygen atoms in total. The Labute approximate surface area is 107 Å². The van der Waals surface area contributed by atoms with E-state index < -0.39 is 48.6 Å². The lowest BCUT2D eigenvalue weighted by Gasteiger charge is -2.22. The summed E-state index contributed by atoms with van der Waals surface area (Å²) < 4.78 is 9.19. The fourth-order valence-electron chi connectivity index (χ4n) is 0.889. The summed E-state index contributed by atoms with van der Waals surface area (Å²) in [4.78, 5) is 40.7. The summed E-state index contributed by atoms with van der Waals surface area (Å²) in [5.74, 6) is -3.80. The molecule has 0 aliphatic carbocycles. The molecule has 1 heterocycles. The van der Waals surface area contributed by atoms with E-state index in [2.05, 4.69) is 9.47 Å². The van der Waals surface area contributed by atoms with Crippen molar-refractivity contribution in [1.29, 1.82) is 0 Å². The molecule has 1 saturated heterocycles. The Morgan fingerprint density at radius 1 is 1.11 bits per heavy atom. The van der Waals surface area contributed by atoms with Crippen LogP contribution < -0.4 is 0 Å². The average molecular weight is 278 g/mol. The van der Waals surface area contributed by atoms with E-state index in [0.29, 0.717) is 0 Å². The Bertz CT molecular complexity index is 355. The first-order chi connectivity index (χ1) is 8.65. The van der Waals surface area contributed by atoms with Gasteiger partial charge in [0.25, 0.3) is 0 Å². The number of carboxylic acids is 2. The van der Waals surface area contributed by atoms with Crippen molar-refractivity contribution in [2.45, 2.75) is 38.6 Å². The second-order valence-electron chi connectivity index (χ2n) is 3.61. The van der Waals surface area contributed by atoms with Crippen LogP contribution in [0.3, 0.4) is 0 Å². The maximum atomic E-state index is 10.7. The SMILES string of the molecule is CC1OC(=O)C(C)OC1=O.O=C(O)CC(O)C(=O)O. The molecule has 0 spiro atoms. The minimum atomic E-state index is -1.79. The number of carbonyl (C=O) groups is 4. The molecule has 1 aliphatic rings. The van der Waals surface area contributed by atoms with Crippen LogP contribution in [-0.4, -0.2) is 57.5 Å². The molecule has 1 fully saturated rings. The molecule has 0 amide bonds. The van der Waals surface area contributed by atoms with Gasteiger partial charge in [0, 0.05) is 0 Å². The van der Waals surface area contributed by atoms with Crippen molar-refractivity contribution >= 4 is 23.9 Å². The number of hydrogen-bond donors (Lipinski definition) is 3. The van der Waals surface area contributed by atoms with Crippen molar-refractivity contribution in [2.24, 2.45) is 0 Å². The summed E-state index contributed by atoms with van der Waals surface area (Å²) in [6.07, 6.45) is -4.04. The highest BCUT2D eigenvalue weighted by Gasteiger charge is 2.32. The zero-order chi connectivity index (χ0) is 15.2. The number of aliphatic carboxylic acids is 2. The Kier molecular flexibility index (Phi) is 6.48. The van der Waals surface area contributed by atoms with Gasteiger partial charge in [-0.3, -0.25) is 4.79 Å². The largest absolute Gasteiger partial charge is 0.481 e. The van der Waals surface area contributed by atoms with Crippen LogP contribution in [0.5, 0.6) is 0 Å². The molecule has 0 aromatic carbocycles. The van der Waals surface area contributed by atoms with E-state index >= 15 is 0 Å². The maximum absolute atomic E-state index is 10.7. The van der Waals surface area contributed by atoms with Crippen LogP contribution in [0.1, 0.15) is 20.3 Å². The lowest BCUT2D eigenvalue weighted by atomic mass is 10.3. The standard InChI is InChI=1S/C6H8O4.C4H6O5/c1-3-5(7)10-4(2)6(8)9-3;5-2(4(8)9)1-3(6)7/h3-4H,1-2H3;2,5H,1H2,(H,6,7)(H,8,9). The molecule has 1 aliphatic heterocycles. The third kappa shape index (κ3) is 6.36. The Hall–Kier alpha value is -2.16. The van der Waals surface area contributed by atoms with E-state index in [1.807, 2.05) is 0 Å². The molecule has 0 aromatic heterocycles. The topological polar surface area (TPSA) is 147 Å². The third-order valence-electron chi connectivity index (χ3n) is 1.90. The highest BCUT2D eigenvalue weighted by molar-refractivity contribution is 5.86. The fraction of sp³-hybridized carbons (Fsp3) is 0.600. The predicted molar refractivity (Wildman–Crippen MR) is 57.0 cm³/mol. The molecule has 1 rings (SSSR count). The number of hydrogen-bond acceptors (Lipinski definition) is 7. The summed E-state index contributed by atoms with van der Waals surface area (Å²) in [5, 5.41) is 24.1. The third-order valence-corrected chi connectivity index (χ3v) is 1.90. The fourth-order valence-corrected chi connectivity index (χ4v) is 0.889. The van der Waals surface area contributed by atoms with Gasteiger partial charge in [-0.25, -0.2) is 14.4 Å². The van der Waals surface area contributed by atoms with Crippen LogP contribution >= 0.6 is 0 Å². The molecule has 0 saturated carbocycles.